The van der Waals surface area contributed by atoms with E-state index in [-0.39, 0.29) is 12.2 Å². The van der Waals surface area contributed by atoms with Crippen molar-refractivity contribution in [1.29, 1.82) is 0 Å². The molecule has 0 N–H and O–H groups in total. The van der Waals surface area contributed by atoms with Crippen LogP contribution in [0.2, 0.25) is 0 Å². The van der Waals surface area contributed by atoms with Gasteiger partial charge >= 0.3 is 5.97 Å². The Morgan fingerprint density at radius 3 is 2.81 bits per heavy atom. The number of esters is 1. The predicted molar refractivity (Wildman–Crippen MR) is 58.6 cm³/mol. The molecule has 0 unspecified atom stereocenters. The average molecular weight is 239 g/mol. The molecule has 0 amide bonds. The quantitative estimate of drug-likeness (QED) is 0.564. The van der Waals surface area contributed by atoms with E-state index >= 15 is 0 Å². The van der Waals surface area contributed by atoms with Gasteiger partial charge in [0.15, 0.2) is 0 Å². The van der Waals surface area contributed by atoms with Gasteiger partial charge in [0.05, 0.1) is 6.61 Å². The van der Waals surface area contributed by atoms with Crippen molar-refractivity contribution >= 4 is 29.4 Å². The van der Waals surface area contributed by atoms with Crippen molar-refractivity contribution in [1.82, 2.24) is 0 Å². The maximum atomic E-state index is 11.4. The third kappa shape index (κ3) is 3.86. The Hall–Kier alpha value is -1.62. The lowest BCUT2D eigenvalue weighted by atomic mass is 10.1. The van der Waals surface area contributed by atoms with Crippen LogP contribution in [0.15, 0.2) is 22.4 Å². The van der Waals surface area contributed by atoms with Gasteiger partial charge in [-0.3, -0.25) is 0 Å². The van der Waals surface area contributed by atoms with Crippen LogP contribution >= 0.6 is 11.3 Å². The topological polar surface area (TPSA) is 66.4 Å². The first kappa shape index (κ1) is 12.4. The minimum Gasteiger partial charge on any atom is -0.550 e. The molecule has 5 heteroatoms. The summed E-state index contributed by atoms with van der Waals surface area (Å²) in [5.41, 5.74) is 0.884. The van der Waals surface area contributed by atoms with E-state index in [1.807, 2.05) is 10.8 Å². The van der Waals surface area contributed by atoms with Crippen molar-refractivity contribution < 1.29 is 19.4 Å². The molecule has 0 spiro atoms. The fraction of sp³-hybridized carbons (Fsp3) is 0.273. The first-order chi connectivity index (χ1) is 7.63. The Bertz CT molecular complexity index is 392. The molecule has 86 valence electrons. The summed E-state index contributed by atoms with van der Waals surface area (Å²) >= 11 is 1.47. The minimum absolute atomic E-state index is 0.0975. The molecule has 16 heavy (non-hydrogen) atoms. The molecular formula is C11H11O4S-. The van der Waals surface area contributed by atoms with E-state index in [9.17, 15) is 14.7 Å². The molecule has 0 aliphatic heterocycles. The fourth-order valence-corrected chi connectivity index (χ4v) is 1.74. The van der Waals surface area contributed by atoms with E-state index in [4.69, 9.17) is 4.74 Å². The van der Waals surface area contributed by atoms with Crippen LogP contribution < -0.4 is 5.11 Å². The third-order valence-electron chi connectivity index (χ3n) is 1.76. The highest BCUT2D eigenvalue weighted by atomic mass is 32.1. The van der Waals surface area contributed by atoms with Gasteiger partial charge in [-0.2, -0.15) is 11.3 Å². The second-order valence-electron chi connectivity index (χ2n) is 3.00. The van der Waals surface area contributed by atoms with Crippen LogP contribution in [0.4, 0.5) is 0 Å². The SMILES string of the molecule is CCOC(=O)C(=Cc1ccsc1)CC(=O)[O-]. The third-order valence-corrected chi connectivity index (χ3v) is 2.46. The Morgan fingerprint density at radius 1 is 1.56 bits per heavy atom. The summed E-state index contributed by atoms with van der Waals surface area (Å²) in [5.74, 6) is -1.91. The molecule has 1 aromatic heterocycles. The minimum atomic E-state index is -1.30. The average Bonchev–Trinajstić information content (AvgIpc) is 2.69. The van der Waals surface area contributed by atoms with Gasteiger partial charge in [0, 0.05) is 18.0 Å². The number of carbonyl (C=O) groups is 2. The molecule has 1 aromatic rings. The summed E-state index contributed by atoms with van der Waals surface area (Å²) in [6.45, 7) is 1.88. The monoisotopic (exact) mass is 239 g/mol. The second-order valence-corrected chi connectivity index (χ2v) is 3.78. The highest BCUT2D eigenvalue weighted by molar-refractivity contribution is 7.08. The van der Waals surface area contributed by atoms with Gasteiger partial charge in [0.2, 0.25) is 0 Å². The zero-order valence-corrected chi connectivity index (χ0v) is 9.58. The second kappa shape index (κ2) is 6.07. The summed E-state index contributed by atoms with van der Waals surface area (Å²) in [5, 5.41) is 14.1. The van der Waals surface area contributed by atoms with Crippen molar-refractivity contribution in [2.75, 3.05) is 6.61 Å². The number of carboxylic acids is 1. The summed E-state index contributed by atoms with van der Waals surface area (Å²) in [6, 6.07) is 1.79. The molecule has 0 saturated heterocycles. The summed E-state index contributed by atoms with van der Waals surface area (Å²) < 4.78 is 4.76. The van der Waals surface area contributed by atoms with Crippen LogP contribution in [0, 0.1) is 0 Å². The van der Waals surface area contributed by atoms with Crippen LogP contribution in [-0.4, -0.2) is 18.5 Å². The molecule has 0 aliphatic carbocycles. The van der Waals surface area contributed by atoms with E-state index in [0.717, 1.165) is 5.56 Å². The molecule has 4 nitrogen and oxygen atoms in total. The molecule has 1 heterocycles. The summed E-state index contributed by atoms with van der Waals surface area (Å²) in [6.07, 6.45) is 1.07. The van der Waals surface area contributed by atoms with Gasteiger partial charge in [-0.15, -0.1) is 0 Å². The van der Waals surface area contributed by atoms with Crippen LogP contribution in [-0.2, 0) is 14.3 Å². The van der Waals surface area contributed by atoms with E-state index < -0.39 is 18.4 Å². The Morgan fingerprint density at radius 2 is 2.31 bits per heavy atom. The maximum Gasteiger partial charge on any atom is 0.334 e. The largest absolute Gasteiger partial charge is 0.550 e. The van der Waals surface area contributed by atoms with Gasteiger partial charge in [-0.1, -0.05) is 0 Å². The number of carboxylic acid groups (broad SMARTS) is 1. The Labute approximate surface area is 97.2 Å². The van der Waals surface area contributed by atoms with Gasteiger partial charge in [0.1, 0.15) is 0 Å². The maximum absolute atomic E-state index is 11.4. The smallest absolute Gasteiger partial charge is 0.334 e. The molecule has 0 aliphatic rings. The predicted octanol–water partition coefficient (Wildman–Crippen LogP) is 0.835. The molecule has 0 saturated carbocycles. The number of hydrogen-bond acceptors (Lipinski definition) is 5. The van der Waals surface area contributed by atoms with Crippen LogP contribution in [0.3, 0.4) is 0 Å². The first-order valence-electron chi connectivity index (χ1n) is 4.73. The molecule has 0 fully saturated rings. The van der Waals surface area contributed by atoms with Gasteiger partial charge in [0.25, 0.3) is 0 Å². The van der Waals surface area contributed by atoms with Crippen molar-refractivity contribution in [2.45, 2.75) is 13.3 Å². The first-order valence-corrected chi connectivity index (χ1v) is 5.67. The highest BCUT2D eigenvalue weighted by Crippen LogP contribution is 2.14. The van der Waals surface area contributed by atoms with E-state index in [0.29, 0.717) is 0 Å². The van der Waals surface area contributed by atoms with Crippen LogP contribution in [0.5, 0.6) is 0 Å². The zero-order chi connectivity index (χ0) is 12.0. The lowest BCUT2D eigenvalue weighted by Crippen LogP contribution is -2.24. The van der Waals surface area contributed by atoms with Crippen molar-refractivity contribution in [3.05, 3.63) is 28.0 Å². The Balaban J connectivity index is 2.86. The summed E-state index contributed by atoms with van der Waals surface area (Å²) in [7, 11) is 0. The number of aliphatic carboxylic acids is 1. The normalized spacial score (nSPS) is 11.2. The molecular weight excluding hydrogens is 228 g/mol. The van der Waals surface area contributed by atoms with Crippen molar-refractivity contribution in [3.63, 3.8) is 0 Å². The van der Waals surface area contributed by atoms with E-state index in [2.05, 4.69) is 0 Å². The van der Waals surface area contributed by atoms with E-state index in [1.54, 1.807) is 13.0 Å². The number of hydrogen-bond donors (Lipinski definition) is 0. The summed E-state index contributed by atoms with van der Waals surface area (Å²) in [4.78, 5) is 21.9. The van der Waals surface area contributed by atoms with Crippen molar-refractivity contribution in [3.8, 4) is 0 Å². The van der Waals surface area contributed by atoms with Crippen LogP contribution in [0.1, 0.15) is 18.9 Å². The van der Waals surface area contributed by atoms with Gasteiger partial charge in [-0.05, 0) is 35.4 Å². The lowest BCUT2D eigenvalue weighted by molar-refractivity contribution is -0.304. The highest BCUT2D eigenvalue weighted by Gasteiger charge is 2.10. The molecule has 0 radical (unpaired) electrons. The molecule has 0 bridgehead atoms. The van der Waals surface area contributed by atoms with Gasteiger partial charge in [-0.25, -0.2) is 4.79 Å². The van der Waals surface area contributed by atoms with Gasteiger partial charge < -0.3 is 14.6 Å². The lowest BCUT2D eigenvalue weighted by Gasteiger charge is -2.07. The van der Waals surface area contributed by atoms with Crippen LogP contribution in [0.25, 0.3) is 6.08 Å². The number of ether oxygens (including phenoxy) is 1. The molecule has 1 rings (SSSR count). The zero-order valence-electron chi connectivity index (χ0n) is 8.76. The number of thiophene rings is 1. The molecule has 0 aromatic carbocycles. The number of rotatable bonds is 5. The standard InChI is InChI=1S/C11H12O4S/c1-2-15-11(14)9(6-10(12)13)5-8-3-4-16-7-8/h3-5,7H,2,6H2,1H3,(H,12,13)/p-1. The Kier molecular flexibility index (Phi) is 4.72. The molecule has 0 atom stereocenters. The van der Waals surface area contributed by atoms with E-state index in [1.165, 1.54) is 17.4 Å². The fourth-order valence-electron chi connectivity index (χ4n) is 1.12. The number of carbonyl (C=O) groups excluding carboxylic acids is 2. The van der Waals surface area contributed by atoms with Crippen molar-refractivity contribution in [2.24, 2.45) is 0 Å².